The van der Waals surface area contributed by atoms with E-state index in [2.05, 4.69) is 12.2 Å². The van der Waals surface area contributed by atoms with Gasteiger partial charge in [-0.2, -0.15) is 0 Å². The SMILES string of the molecule is CCSc1ccc(NC(=O)N(CCCO)[C@H](C)c2ccccc2)cc1. The Morgan fingerprint density at radius 3 is 2.44 bits per heavy atom. The van der Waals surface area contributed by atoms with E-state index in [0.29, 0.717) is 13.0 Å². The molecule has 0 aliphatic heterocycles. The molecule has 2 N–H and O–H groups in total. The predicted octanol–water partition coefficient (Wildman–Crippen LogP) is 4.78. The third-order valence-corrected chi connectivity index (χ3v) is 4.88. The van der Waals surface area contributed by atoms with E-state index in [0.717, 1.165) is 17.0 Å². The summed E-state index contributed by atoms with van der Waals surface area (Å²) in [7, 11) is 0. The molecule has 2 aromatic rings. The zero-order chi connectivity index (χ0) is 18.1. The Labute approximate surface area is 154 Å². The average Bonchev–Trinajstić information content (AvgIpc) is 2.64. The van der Waals surface area contributed by atoms with E-state index in [4.69, 9.17) is 5.11 Å². The van der Waals surface area contributed by atoms with Crippen molar-refractivity contribution in [2.75, 3.05) is 24.2 Å². The molecule has 0 aromatic heterocycles. The lowest BCUT2D eigenvalue weighted by Crippen LogP contribution is -2.38. The summed E-state index contributed by atoms with van der Waals surface area (Å²) in [6, 6.07) is 17.6. The van der Waals surface area contributed by atoms with Crippen molar-refractivity contribution >= 4 is 23.5 Å². The van der Waals surface area contributed by atoms with Crippen molar-refractivity contribution in [3.05, 3.63) is 60.2 Å². The van der Waals surface area contributed by atoms with Gasteiger partial charge in [0.25, 0.3) is 0 Å². The predicted molar refractivity (Wildman–Crippen MR) is 105 cm³/mol. The van der Waals surface area contributed by atoms with Gasteiger partial charge in [0.2, 0.25) is 0 Å². The first kappa shape index (κ1) is 19.3. The van der Waals surface area contributed by atoms with E-state index in [1.165, 1.54) is 4.90 Å². The van der Waals surface area contributed by atoms with E-state index in [-0.39, 0.29) is 18.7 Å². The zero-order valence-corrected chi connectivity index (χ0v) is 15.6. The Kier molecular flexibility index (Phi) is 7.82. The van der Waals surface area contributed by atoms with Crippen LogP contribution in [0.5, 0.6) is 0 Å². The molecular formula is C20H26N2O2S. The lowest BCUT2D eigenvalue weighted by Gasteiger charge is -2.29. The second-order valence-corrected chi connectivity index (χ2v) is 7.08. The third-order valence-electron chi connectivity index (χ3n) is 3.98. The number of nitrogens with zero attached hydrogens (tertiary/aromatic N) is 1. The number of carbonyl (C=O) groups excluding carboxylic acids is 1. The van der Waals surface area contributed by atoms with E-state index in [1.807, 2.05) is 61.5 Å². The molecular weight excluding hydrogens is 332 g/mol. The summed E-state index contributed by atoms with van der Waals surface area (Å²) in [6.45, 7) is 4.69. The van der Waals surface area contributed by atoms with Crippen LogP contribution in [-0.2, 0) is 0 Å². The lowest BCUT2D eigenvalue weighted by molar-refractivity contribution is 0.182. The summed E-state index contributed by atoms with van der Waals surface area (Å²) in [5.74, 6) is 1.02. The van der Waals surface area contributed by atoms with Crippen molar-refractivity contribution < 1.29 is 9.90 Å². The van der Waals surface area contributed by atoms with Gasteiger partial charge in [-0.25, -0.2) is 4.79 Å². The fourth-order valence-corrected chi connectivity index (χ4v) is 3.28. The van der Waals surface area contributed by atoms with Gasteiger partial charge in [-0.15, -0.1) is 11.8 Å². The second-order valence-electron chi connectivity index (χ2n) is 5.74. The number of amides is 2. The topological polar surface area (TPSA) is 52.6 Å². The highest BCUT2D eigenvalue weighted by atomic mass is 32.2. The molecule has 2 amide bonds. The normalized spacial score (nSPS) is 11.8. The van der Waals surface area contributed by atoms with Gasteiger partial charge in [0.1, 0.15) is 0 Å². The quantitative estimate of drug-likeness (QED) is 0.668. The number of thioether (sulfide) groups is 1. The van der Waals surface area contributed by atoms with Crippen LogP contribution in [-0.4, -0.2) is 34.9 Å². The molecule has 1 atom stereocenters. The molecule has 0 heterocycles. The molecule has 0 aliphatic carbocycles. The minimum absolute atomic E-state index is 0.0637. The molecule has 0 saturated carbocycles. The number of aliphatic hydroxyl groups excluding tert-OH is 1. The highest BCUT2D eigenvalue weighted by Gasteiger charge is 2.21. The van der Waals surface area contributed by atoms with Gasteiger partial charge in [0, 0.05) is 23.7 Å². The van der Waals surface area contributed by atoms with Crippen LogP contribution in [0, 0.1) is 0 Å². The van der Waals surface area contributed by atoms with Crippen molar-refractivity contribution in [3.63, 3.8) is 0 Å². The lowest BCUT2D eigenvalue weighted by atomic mass is 10.1. The van der Waals surface area contributed by atoms with Gasteiger partial charge >= 0.3 is 6.03 Å². The van der Waals surface area contributed by atoms with Crippen LogP contribution < -0.4 is 5.32 Å². The maximum absolute atomic E-state index is 12.8. The molecule has 0 unspecified atom stereocenters. The van der Waals surface area contributed by atoms with Crippen LogP contribution in [0.4, 0.5) is 10.5 Å². The largest absolute Gasteiger partial charge is 0.396 e. The number of anilines is 1. The molecule has 25 heavy (non-hydrogen) atoms. The summed E-state index contributed by atoms with van der Waals surface area (Å²) < 4.78 is 0. The number of benzene rings is 2. The number of carbonyl (C=O) groups is 1. The minimum Gasteiger partial charge on any atom is -0.396 e. The number of hydrogen-bond donors (Lipinski definition) is 2. The summed E-state index contributed by atoms with van der Waals surface area (Å²) >= 11 is 1.77. The Morgan fingerprint density at radius 2 is 1.84 bits per heavy atom. The fraction of sp³-hybridized carbons (Fsp3) is 0.350. The maximum Gasteiger partial charge on any atom is 0.322 e. The Balaban J connectivity index is 2.09. The van der Waals surface area contributed by atoms with Crippen molar-refractivity contribution in [2.24, 2.45) is 0 Å². The molecule has 0 fully saturated rings. The standard InChI is InChI=1S/C20H26N2O2S/c1-3-25-19-12-10-18(11-13-19)21-20(24)22(14-7-15-23)16(2)17-8-5-4-6-9-17/h4-6,8-13,16,23H,3,7,14-15H2,1-2H3,(H,21,24)/t16-/m1/s1. The fourth-order valence-electron chi connectivity index (χ4n) is 2.62. The zero-order valence-electron chi connectivity index (χ0n) is 14.8. The number of rotatable bonds is 8. The second kappa shape index (κ2) is 10.1. The van der Waals surface area contributed by atoms with Gasteiger partial charge in [0.05, 0.1) is 6.04 Å². The van der Waals surface area contributed by atoms with E-state index >= 15 is 0 Å². The van der Waals surface area contributed by atoms with Gasteiger partial charge < -0.3 is 15.3 Å². The van der Waals surface area contributed by atoms with Crippen LogP contribution in [0.15, 0.2) is 59.5 Å². The first-order chi connectivity index (χ1) is 12.2. The molecule has 2 aromatic carbocycles. The Bertz CT molecular complexity index is 647. The van der Waals surface area contributed by atoms with Crippen LogP contribution >= 0.6 is 11.8 Å². The number of nitrogens with one attached hydrogen (secondary N) is 1. The average molecular weight is 359 g/mol. The third kappa shape index (κ3) is 5.80. The smallest absolute Gasteiger partial charge is 0.322 e. The van der Waals surface area contributed by atoms with Gasteiger partial charge in [-0.3, -0.25) is 0 Å². The van der Waals surface area contributed by atoms with Crippen molar-refractivity contribution in [1.82, 2.24) is 4.90 Å². The summed E-state index contributed by atoms with van der Waals surface area (Å²) in [4.78, 5) is 15.7. The first-order valence-electron chi connectivity index (χ1n) is 8.62. The summed E-state index contributed by atoms with van der Waals surface area (Å²) in [5.41, 5.74) is 1.85. The summed E-state index contributed by atoms with van der Waals surface area (Å²) in [6.07, 6.45) is 0.552. The molecule has 0 saturated heterocycles. The van der Waals surface area contributed by atoms with Crippen LogP contribution in [0.1, 0.15) is 31.9 Å². The minimum atomic E-state index is -0.152. The number of hydrogen-bond acceptors (Lipinski definition) is 3. The van der Waals surface area contributed by atoms with E-state index in [9.17, 15) is 4.79 Å². The van der Waals surface area contributed by atoms with Crippen LogP contribution in [0.25, 0.3) is 0 Å². The Morgan fingerprint density at radius 1 is 1.16 bits per heavy atom. The Hall–Kier alpha value is -1.98. The highest BCUT2D eigenvalue weighted by Crippen LogP contribution is 2.23. The molecule has 4 nitrogen and oxygen atoms in total. The molecule has 5 heteroatoms. The highest BCUT2D eigenvalue weighted by molar-refractivity contribution is 7.99. The first-order valence-corrected chi connectivity index (χ1v) is 9.60. The molecule has 2 rings (SSSR count). The number of urea groups is 1. The van der Waals surface area contributed by atoms with Crippen LogP contribution in [0.3, 0.4) is 0 Å². The molecule has 0 bridgehead atoms. The van der Waals surface area contributed by atoms with Gasteiger partial charge in [0.15, 0.2) is 0 Å². The number of aliphatic hydroxyl groups is 1. The van der Waals surface area contributed by atoms with Gasteiger partial charge in [-0.1, -0.05) is 37.3 Å². The van der Waals surface area contributed by atoms with Crippen LogP contribution in [0.2, 0.25) is 0 Å². The molecule has 0 spiro atoms. The van der Waals surface area contributed by atoms with Crippen molar-refractivity contribution in [3.8, 4) is 0 Å². The maximum atomic E-state index is 12.8. The molecule has 0 radical (unpaired) electrons. The van der Waals surface area contributed by atoms with Gasteiger partial charge in [-0.05, 0) is 48.9 Å². The molecule has 0 aliphatic rings. The van der Waals surface area contributed by atoms with E-state index < -0.39 is 0 Å². The summed E-state index contributed by atoms with van der Waals surface area (Å²) in [5, 5.41) is 12.1. The van der Waals surface area contributed by atoms with Crippen molar-refractivity contribution in [2.45, 2.75) is 31.2 Å². The van der Waals surface area contributed by atoms with Crippen molar-refractivity contribution in [1.29, 1.82) is 0 Å². The van der Waals surface area contributed by atoms with E-state index in [1.54, 1.807) is 16.7 Å². The monoisotopic (exact) mass is 358 g/mol. The molecule has 134 valence electrons.